The number of ether oxygens (including phenoxy) is 2. The van der Waals surface area contributed by atoms with Gasteiger partial charge in [0.2, 0.25) is 0 Å². The number of rotatable bonds is 5. The van der Waals surface area contributed by atoms with Crippen LogP contribution in [-0.2, 0) is 9.53 Å². The van der Waals surface area contributed by atoms with Crippen molar-refractivity contribution in [2.75, 3.05) is 19.1 Å². The van der Waals surface area contributed by atoms with E-state index in [-0.39, 0.29) is 19.1 Å². The first-order valence-electron chi connectivity index (χ1n) is 4.43. The quantitative estimate of drug-likeness (QED) is 0.473. The van der Waals surface area contributed by atoms with Gasteiger partial charge >= 0.3 is 5.97 Å². The average molecular weight is 284 g/mol. The fourth-order valence-electron chi connectivity index (χ4n) is 0.938. The Bertz CT molecular complexity index is 368. The maximum atomic E-state index is 10.7. The molecule has 0 saturated heterocycles. The molecule has 1 aromatic carbocycles. The summed E-state index contributed by atoms with van der Waals surface area (Å²) in [6.45, 7) is 0.342. The summed E-state index contributed by atoms with van der Waals surface area (Å²) >= 11 is 16.8. The van der Waals surface area contributed by atoms with E-state index in [0.29, 0.717) is 15.8 Å². The molecule has 0 aromatic heterocycles. The normalized spacial score (nSPS) is 9.94. The van der Waals surface area contributed by atoms with Crippen molar-refractivity contribution in [1.29, 1.82) is 0 Å². The first-order valence-corrected chi connectivity index (χ1v) is 5.72. The Hall–Kier alpha value is -0.640. The number of halogens is 3. The van der Waals surface area contributed by atoms with Gasteiger partial charge in [-0.05, 0) is 18.2 Å². The Labute approximate surface area is 108 Å². The summed E-state index contributed by atoms with van der Waals surface area (Å²) in [5, 5.41) is 0.946. The maximum absolute atomic E-state index is 10.7. The molecule has 6 heteroatoms. The van der Waals surface area contributed by atoms with E-state index in [9.17, 15) is 4.79 Å². The van der Waals surface area contributed by atoms with Crippen molar-refractivity contribution in [2.45, 2.75) is 0 Å². The van der Waals surface area contributed by atoms with Gasteiger partial charge in [0.25, 0.3) is 0 Å². The molecule has 0 aliphatic heterocycles. The van der Waals surface area contributed by atoms with Crippen molar-refractivity contribution >= 4 is 40.8 Å². The summed E-state index contributed by atoms with van der Waals surface area (Å²) < 4.78 is 9.99. The molecular formula is C10H9Cl3O3. The highest BCUT2D eigenvalue weighted by molar-refractivity contribution is 6.35. The topological polar surface area (TPSA) is 35.5 Å². The molecule has 3 nitrogen and oxygen atoms in total. The molecular weight excluding hydrogens is 274 g/mol. The van der Waals surface area contributed by atoms with E-state index in [0.717, 1.165) is 0 Å². The van der Waals surface area contributed by atoms with Crippen LogP contribution in [0.1, 0.15) is 0 Å². The second-order valence-corrected chi connectivity index (χ2v) is 3.89. The Morgan fingerprint density at radius 1 is 1.25 bits per heavy atom. The maximum Gasteiger partial charge on any atom is 0.320 e. The molecule has 0 fully saturated rings. The zero-order valence-corrected chi connectivity index (χ0v) is 10.5. The first-order chi connectivity index (χ1) is 7.63. The van der Waals surface area contributed by atoms with Crippen LogP contribution >= 0.6 is 34.8 Å². The molecule has 1 rings (SSSR count). The molecule has 0 aliphatic carbocycles. The summed E-state index contributed by atoms with van der Waals surface area (Å²) in [6.07, 6.45) is 0. The molecule has 0 unspecified atom stereocenters. The van der Waals surface area contributed by atoms with Crippen LogP contribution in [0.4, 0.5) is 0 Å². The average Bonchev–Trinajstić information content (AvgIpc) is 2.26. The number of carbonyl (C=O) groups excluding carboxylic acids is 1. The van der Waals surface area contributed by atoms with E-state index < -0.39 is 5.97 Å². The van der Waals surface area contributed by atoms with Crippen LogP contribution in [0.25, 0.3) is 0 Å². The lowest BCUT2D eigenvalue weighted by atomic mass is 10.3. The number of alkyl halides is 1. The largest absolute Gasteiger partial charge is 0.488 e. The van der Waals surface area contributed by atoms with E-state index in [1.54, 1.807) is 18.2 Å². The van der Waals surface area contributed by atoms with E-state index in [1.807, 2.05) is 0 Å². The van der Waals surface area contributed by atoms with Gasteiger partial charge in [-0.1, -0.05) is 23.2 Å². The van der Waals surface area contributed by atoms with E-state index in [4.69, 9.17) is 44.3 Å². The van der Waals surface area contributed by atoms with Gasteiger partial charge in [-0.25, -0.2) is 0 Å². The van der Waals surface area contributed by atoms with E-state index in [2.05, 4.69) is 0 Å². The highest BCUT2D eigenvalue weighted by Gasteiger charge is 2.03. The van der Waals surface area contributed by atoms with Gasteiger partial charge in [-0.3, -0.25) is 4.79 Å². The fraction of sp³-hybridized carbons (Fsp3) is 0.300. The summed E-state index contributed by atoms with van der Waals surface area (Å²) in [7, 11) is 0. The van der Waals surface area contributed by atoms with Gasteiger partial charge in [0.05, 0.1) is 5.02 Å². The van der Waals surface area contributed by atoms with E-state index in [1.165, 1.54) is 0 Å². The second kappa shape index (κ2) is 6.84. The molecule has 0 radical (unpaired) electrons. The number of hydrogen-bond donors (Lipinski definition) is 0. The number of carbonyl (C=O) groups is 1. The Morgan fingerprint density at radius 2 is 2.00 bits per heavy atom. The van der Waals surface area contributed by atoms with Crippen LogP contribution in [0.2, 0.25) is 10.0 Å². The molecule has 0 spiro atoms. The van der Waals surface area contributed by atoms with Crippen LogP contribution in [0, 0.1) is 0 Å². The molecule has 88 valence electrons. The smallest absolute Gasteiger partial charge is 0.320 e. The summed E-state index contributed by atoms with van der Waals surface area (Å²) in [5.74, 6) is -0.151. The Balaban J connectivity index is 2.35. The van der Waals surface area contributed by atoms with Gasteiger partial charge in [0.15, 0.2) is 0 Å². The molecule has 0 aliphatic rings. The van der Waals surface area contributed by atoms with Crippen LogP contribution < -0.4 is 4.74 Å². The number of benzene rings is 1. The minimum absolute atomic E-state index is 0.129. The van der Waals surface area contributed by atoms with Crippen molar-refractivity contribution in [1.82, 2.24) is 0 Å². The molecule has 0 N–H and O–H groups in total. The zero-order valence-electron chi connectivity index (χ0n) is 8.21. The van der Waals surface area contributed by atoms with Crippen molar-refractivity contribution in [3.63, 3.8) is 0 Å². The van der Waals surface area contributed by atoms with Crippen LogP contribution in [-0.4, -0.2) is 25.1 Å². The molecule has 0 atom stereocenters. The van der Waals surface area contributed by atoms with Crippen LogP contribution in [0.3, 0.4) is 0 Å². The third-order valence-corrected chi connectivity index (χ3v) is 2.36. The molecule has 1 aromatic rings. The third kappa shape index (κ3) is 4.47. The fourth-order valence-corrected chi connectivity index (χ4v) is 1.48. The predicted molar refractivity (Wildman–Crippen MR) is 63.6 cm³/mol. The Kier molecular flexibility index (Phi) is 5.74. The van der Waals surface area contributed by atoms with Gasteiger partial charge in [0, 0.05) is 5.02 Å². The standard InChI is InChI=1S/C10H9Cl3O3/c11-6-10(14)16-4-3-15-9-2-1-7(12)5-8(9)13/h1-2,5H,3-4,6H2. The van der Waals surface area contributed by atoms with Crippen LogP contribution in [0.15, 0.2) is 18.2 Å². The number of hydrogen-bond acceptors (Lipinski definition) is 3. The van der Waals surface area contributed by atoms with Crippen LogP contribution in [0.5, 0.6) is 5.75 Å². The van der Waals surface area contributed by atoms with Crippen molar-refractivity contribution < 1.29 is 14.3 Å². The van der Waals surface area contributed by atoms with Gasteiger partial charge in [-0.2, -0.15) is 0 Å². The summed E-state index contributed by atoms with van der Waals surface area (Å²) in [4.78, 5) is 10.7. The molecule has 0 amide bonds. The lowest BCUT2D eigenvalue weighted by molar-refractivity contribution is -0.141. The minimum Gasteiger partial charge on any atom is -0.488 e. The lowest BCUT2D eigenvalue weighted by Crippen LogP contribution is -2.12. The first kappa shape index (κ1) is 13.4. The molecule has 0 bridgehead atoms. The molecule has 0 saturated carbocycles. The van der Waals surface area contributed by atoms with Crippen molar-refractivity contribution in [3.8, 4) is 5.75 Å². The highest BCUT2D eigenvalue weighted by Crippen LogP contribution is 2.27. The zero-order chi connectivity index (χ0) is 12.0. The van der Waals surface area contributed by atoms with Crippen molar-refractivity contribution in [2.24, 2.45) is 0 Å². The predicted octanol–water partition coefficient (Wildman–Crippen LogP) is 3.15. The minimum atomic E-state index is -0.479. The second-order valence-electron chi connectivity index (χ2n) is 2.78. The molecule has 0 heterocycles. The van der Waals surface area contributed by atoms with Gasteiger partial charge < -0.3 is 9.47 Å². The van der Waals surface area contributed by atoms with Gasteiger partial charge in [0.1, 0.15) is 24.8 Å². The monoisotopic (exact) mass is 282 g/mol. The lowest BCUT2D eigenvalue weighted by Gasteiger charge is -2.08. The highest BCUT2D eigenvalue weighted by atomic mass is 35.5. The summed E-state index contributed by atoms with van der Waals surface area (Å²) in [6, 6.07) is 4.88. The third-order valence-electron chi connectivity index (χ3n) is 1.61. The Morgan fingerprint density at radius 3 is 2.62 bits per heavy atom. The number of esters is 1. The SMILES string of the molecule is O=C(CCl)OCCOc1ccc(Cl)cc1Cl. The van der Waals surface area contributed by atoms with E-state index >= 15 is 0 Å². The van der Waals surface area contributed by atoms with Crippen molar-refractivity contribution in [3.05, 3.63) is 28.2 Å². The molecule has 16 heavy (non-hydrogen) atoms. The summed E-state index contributed by atoms with van der Waals surface area (Å²) in [5.41, 5.74) is 0. The van der Waals surface area contributed by atoms with Gasteiger partial charge in [-0.15, -0.1) is 11.6 Å².